The van der Waals surface area contributed by atoms with Crippen LogP contribution in [-0.2, 0) is 19.0 Å². The van der Waals surface area contributed by atoms with Gasteiger partial charge in [0.05, 0.1) is 6.42 Å². The molecule has 5 nitrogen and oxygen atoms in total. The molecule has 2 radical (unpaired) electrons. The highest BCUT2D eigenvalue weighted by atomic mass is 16.5. The van der Waals surface area contributed by atoms with E-state index in [9.17, 15) is 14.4 Å². The molecule has 1 unspecified atom stereocenters. The summed E-state index contributed by atoms with van der Waals surface area (Å²) in [7, 11) is 4.66. The maximum absolute atomic E-state index is 11.3. The molecule has 0 saturated carbocycles. The molecule has 0 aliphatic heterocycles. The molecule has 0 spiro atoms. The van der Waals surface area contributed by atoms with Crippen LogP contribution < -0.4 is 5.32 Å². The van der Waals surface area contributed by atoms with Gasteiger partial charge < -0.3 is 9.97 Å². The molecule has 1 amide bonds. The van der Waals surface area contributed by atoms with Gasteiger partial charge >= 0.3 is 8.05 Å². The van der Waals surface area contributed by atoms with E-state index in [0.717, 1.165) is 25.7 Å². The lowest BCUT2D eigenvalue weighted by Crippen LogP contribution is -2.25. The quantitative estimate of drug-likeness (QED) is 0.478. The van der Waals surface area contributed by atoms with Crippen molar-refractivity contribution in [3.63, 3.8) is 0 Å². The van der Waals surface area contributed by atoms with Gasteiger partial charge in [-0.2, -0.15) is 0 Å². The summed E-state index contributed by atoms with van der Waals surface area (Å²) in [6.07, 6.45) is 3.54. The van der Waals surface area contributed by atoms with Gasteiger partial charge in [0.1, 0.15) is 5.78 Å². The first-order chi connectivity index (χ1) is 9.01. The zero-order valence-corrected chi connectivity index (χ0v) is 11.7. The highest BCUT2D eigenvalue weighted by Gasteiger charge is 2.11. The first-order valence-corrected chi connectivity index (χ1v) is 6.68. The van der Waals surface area contributed by atoms with Gasteiger partial charge in [0.25, 0.3) is 5.97 Å². The van der Waals surface area contributed by atoms with Crippen LogP contribution in [0, 0.1) is 5.92 Å². The maximum atomic E-state index is 11.3. The lowest BCUT2D eigenvalue weighted by Gasteiger charge is -2.10. The number of unbranched alkanes of at least 4 members (excludes halogenated alkanes) is 1. The van der Waals surface area contributed by atoms with Crippen molar-refractivity contribution in [1.29, 1.82) is 0 Å². The molecule has 0 aromatic carbocycles. The summed E-state index contributed by atoms with van der Waals surface area (Å²) >= 11 is 0. The van der Waals surface area contributed by atoms with Gasteiger partial charge in [0, 0.05) is 18.9 Å². The number of carbonyl (C=O) groups excluding carboxylic acids is 3. The van der Waals surface area contributed by atoms with Crippen LogP contribution in [0.25, 0.3) is 0 Å². The van der Waals surface area contributed by atoms with Gasteiger partial charge in [-0.05, 0) is 26.2 Å². The molecule has 0 aliphatic carbocycles. The van der Waals surface area contributed by atoms with Crippen LogP contribution >= 0.6 is 0 Å². The van der Waals surface area contributed by atoms with Gasteiger partial charge in [-0.15, -0.1) is 0 Å². The SMILES string of the molecule is [B]OC(=O)CCC(=O)NCCCCC(CC)C(C)=O. The number of nitrogens with one attached hydrogen (secondary N) is 1. The molecule has 0 aliphatic rings. The minimum absolute atomic E-state index is 0.00935. The van der Waals surface area contributed by atoms with Crippen LogP contribution in [0.3, 0.4) is 0 Å². The summed E-state index contributed by atoms with van der Waals surface area (Å²) in [5, 5.41) is 2.71. The highest BCUT2D eigenvalue weighted by Crippen LogP contribution is 2.13. The average Bonchev–Trinajstić information content (AvgIpc) is 2.39. The van der Waals surface area contributed by atoms with Crippen LogP contribution in [0.15, 0.2) is 0 Å². The van der Waals surface area contributed by atoms with Gasteiger partial charge in [-0.1, -0.05) is 13.3 Å². The van der Waals surface area contributed by atoms with Gasteiger partial charge in [0.15, 0.2) is 0 Å². The minimum atomic E-state index is -0.595. The van der Waals surface area contributed by atoms with Crippen LogP contribution in [0.2, 0.25) is 0 Å². The Kier molecular flexibility index (Phi) is 9.85. The van der Waals surface area contributed by atoms with E-state index < -0.39 is 5.97 Å². The number of carbonyl (C=O) groups is 3. The smallest absolute Gasteiger partial charge is 0.378 e. The van der Waals surface area contributed by atoms with Crippen molar-refractivity contribution in [2.24, 2.45) is 5.92 Å². The average molecular weight is 267 g/mol. The Bertz CT molecular complexity index is 307. The number of amides is 1. The Morgan fingerprint density at radius 2 is 1.89 bits per heavy atom. The van der Waals surface area contributed by atoms with Crippen LogP contribution in [0.1, 0.15) is 52.4 Å². The summed E-state index contributed by atoms with van der Waals surface area (Å²) < 4.78 is 3.95. The molecule has 0 heterocycles. The van der Waals surface area contributed by atoms with E-state index in [0.29, 0.717) is 6.54 Å². The monoisotopic (exact) mass is 267 g/mol. The maximum Gasteiger partial charge on any atom is 0.378 e. The van der Waals surface area contributed by atoms with Crippen molar-refractivity contribution in [2.45, 2.75) is 52.4 Å². The van der Waals surface area contributed by atoms with E-state index in [1.807, 2.05) is 6.92 Å². The first kappa shape index (κ1) is 17.7. The Balaban J connectivity index is 3.56. The van der Waals surface area contributed by atoms with E-state index >= 15 is 0 Å². The van der Waals surface area contributed by atoms with Crippen molar-refractivity contribution in [2.75, 3.05) is 6.54 Å². The van der Waals surface area contributed by atoms with Crippen LogP contribution in [0.5, 0.6) is 0 Å². The second-order valence-electron chi connectivity index (χ2n) is 4.55. The molecule has 6 heteroatoms. The standard InChI is InChI=1S/C13H22BNO4/c1-3-11(10(2)16)6-4-5-9-15-12(17)7-8-13(18)19-14/h11H,3-9H2,1-2H3,(H,15,17). The number of hydrogen-bond acceptors (Lipinski definition) is 4. The Morgan fingerprint density at radius 3 is 2.42 bits per heavy atom. The first-order valence-electron chi connectivity index (χ1n) is 6.68. The Morgan fingerprint density at radius 1 is 1.21 bits per heavy atom. The topological polar surface area (TPSA) is 72.5 Å². The third-order valence-corrected chi connectivity index (χ3v) is 3.06. The number of ketones is 1. The van der Waals surface area contributed by atoms with Crippen molar-refractivity contribution in [3.8, 4) is 0 Å². The lowest BCUT2D eigenvalue weighted by molar-refractivity contribution is -0.136. The highest BCUT2D eigenvalue weighted by molar-refractivity contribution is 6.05. The molecular formula is C13H22BNO4. The lowest BCUT2D eigenvalue weighted by atomic mass is 9.95. The zero-order chi connectivity index (χ0) is 14.7. The van der Waals surface area contributed by atoms with Crippen molar-refractivity contribution in [3.05, 3.63) is 0 Å². The Hall–Kier alpha value is -1.33. The van der Waals surface area contributed by atoms with Crippen LogP contribution in [0.4, 0.5) is 0 Å². The fourth-order valence-electron chi connectivity index (χ4n) is 1.80. The van der Waals surface area contributed by atoms with Gasteiger partial charge in [-0.3, -0.25) is 14.4 Å². The van der Waals surface area contributed by atoms with E-state index in [-0.39, 0.29) is 30.4 Å². The third-order valence-electron chi connectivity index (χ3n) is 3.06. The second kappa shape index (κ2) is 10.6. The van der Waals surface area contributed by atoms with Gasteiger partial charge in [-0.25, -0.2) is 0 Å². The Labute approximate surface area is 115 Å². The fraction of sp³-hybridized carbons (Fsp3) is 0.769. The molecule has 0 aromatic rings. The van der Waals surface area contributed by atoms with E-state index in [2.05, 4.69) is 18.0 Å². The molecule has 1 N–H and O–H groups in total. The number of rotatable bonds is 10. The van der Waals surface area contributed by atoms with Crippen molar-refractivity contribution in [1.82, 2.24) is 5.32 Å². The zero-order valence-electron chi connectivity index (χ0n) is 11.7. The second-order valence-corrected chi connectivity index (χ2v) is 4.55. The summed E-state index contributed by atoms with van der Waals surface area (Å²) in [6, 6.07) is 0. The van der Waals surface area contributed by atoms with E-state index in [1.54, 1.807) is 6.92 Å². The summed E-state index contributed by atoms with van der Waals surface area (Å²) in [6.45, 7) is 4.18. The summed E-state index contributed by atoms with van der Waals surface area (Å²) in [5.74, 6) is -0.423. The third kappa shape index (κ3) is 9.28. The molecule has 106 valence electrons. The predicted octanol–water partition coefficient (Wildman–Crippen LogP) is 1.29. The van der Waals surface area contributed by atoms with Crippen molar-refractivity contribution >= 4 is 25.7 Å². The fourth-order valence-corrected chi connectivity index (χ4v) is 1.80. The molecule has 19 heavy (non-hydrogen) atoms. The largest absolute Gasteiger partial charge is 0.543 e. The molecular weight excluding hydrogens is 245 g/mol. The molecule has 0 rings (SSSR count). The minimum Gasteiger partial charge on any atom is -0.543 e. The normalized spacial score (nSPS) is 11.7. The van der Waals surface area contributed by atoms with E-state index in [1.165, 1.54) is 0 Å². The molecule has 0 aromatic heterocycles. The number of hydrogen-bond donors (Lipinski definition) is 1. The van der Waals surface area contributed by atoms with Crippen molar-refractivity contribution < 1.29 is 19.0 Å². The molecule has 0 fully saturated rings. The molecule has 1 atom stereocenters. The van der Waals surface area contributed by atoms with Gasteiger partial charge in [0.2, 0.25) is 5.91 Å². The molecule has 0 saturated heterocycles. The number of Topliss-reactive ketones (excluding diaryl/α,β-unsaturated/α-hetero) is 1. The predicted molar refractivity (Wildman–Crippen MR) is 72.4 cm³/mol. The summed E-state index contributed by atoms with van der Waals surface area (Å²) in [5.41, 5.74) is 0. The van der Waals surface area contributed by atoms with E-state index in [4.69, 9.17) is 0 Å². The summed E-state index contributed by atoms with van der Waals surface area (Å²) in [4.78, 5) is 33.2. The van der Waals surface area contributed by atoms with Crippen LogP contribution in [-0.4, -0.2) is 32.3 Å². The molecule has 0 bridgehead atoms.